The van der Waals surface area contributed by atoms with Gasteiger partial charge in [-0.2, -0.15) is 0 Å². The Balaban J connectivity index is 2.35. The summed E-state index contributed by atoms with van der Waals surface area (Å²) in [5.41, 5.74) is 0. The van der Waals surface area contributed by atoms with Gasteiger partial charge in [0.1, 0.15) is 0 Å². The lowest BCUT2D eigenvalue weighted by atomic mass is 10.1. The van der Waals surface area contributed by atoms with Gasteiger partial charge in [-0.15, -0.1) is 0 Å². The van der Waals surface area contributed by atoms with Gasteiger partial charge in [-0.3, -0.25) is 4.90 Å². The van der Waals surface area contributed by atoms with Crippen LogP contribution in [0.5, 0.6) is 0 Å². The molecule has 0 aromatic rings. The summed E-state index contributed by atoms with van der Waals surface area (Å²) in [6.45, 7) is 8.80. The normalized spacial score (nSPS) is 21.2. The third kappa shape index (κ3) is 2.76. The molecule has 0 atom stereocenters. The number of nitrogens with zero attached hydrogens (tertiary/aromatic N) is 1. The molecule has 2 nitrogen and oxygen atoms in total. The zero-order valence-electron chi connectivity index (χ0n) is 8.38. The Kier molecular flexibility index (Phi) is 4.62. The zero-order chi connectivity index (χ0) is 8.81. The Morgan fingerprint density at radius 3 is 2.58 bits per heavy atom. The molecule has 0 bridgehead atoms. The van der Waals surface area contributed by atoms with Crippen LogP contribution in [0.3, 0.4) is 0 Å². The van der Waals surface area contributed by atoms with Crippen molar-refractivity contribution in [2.24, 2.45) is 0 Å². The maximum Gasteiger partial charge on any atom is 0.0593 e. The predicted octanol–water partition coefficient (Wildman–Crippen LogP) is 1.90. The van der Waals surface area contributed by atoms with Gasteiger partial charge in [0.05, 0.1) is 6.61 Å². The van der Waals surface area contributed by atoms with E-state index >= 15 is 0 Å². The van der Waals surface area contributed by atoms with Crippen molar-refractivity contribution in [3.8, 4) is 0 Å². The van der Waals surface area contributed by atoms with Gasteiger partial charge in [0.25, 0.3) is 0 Å². The van der Waals surface area contributed by atoms with E-state index in [0.29, 0.717) is 0 Å². The minimum absolute atomic E-state index is 0.784. The highest BCUT2D eigenvalue weighted by Gasteiger charge is 2.15. The van der Waals surface area contributed by atoms with E-state index in [1.54, 1.807) is 0 Å². The summed E-state index contributed by atoms with van der Waals surface area (Å²) in [6.07, 6.45) is 3.75. The fourth-order valence-electron chi connectivity index (χ4n) is 1.94. The Labute approximate surface area is 75.9 Å². The summed E-state index contributed by atoms with van der Waals surface area (Å²) in [4.78, 5) is 2.58. The maximum atomic E-state index is 5.42. The van der Waals surface area contributed by atoms with E-state index in [1.165, 1.54) is 25.8 Å². The zero-order valence-corrected chi connectivity index (χ0v) is 8.38. The lowest BCUT2D eigenvalue weighted by Crippen LogP contribution is -2.36. The molecule has 1 heterocycles. The molecule has 1 fully saturated rings. The first-order valence-electron chi connectivity index (χ1n) is 5.20. The second kappa shape index (κ2) is 5.55. The monoisotopic (exact) mass is 171 g/mol. The van der Waals surface area contributed by atoms with Crippen molar-refractivity contribution in [1.82, 2.24) is 4.90 Å². The summed E-state index contributed by atoms with van der Waals surface area (Å²) in [6, 6.07) is 0.784. The highest BCUT2D eigenvalue weighted by molar-refractivity contribution is 4.70. The minimum atomic E-state index is 0.784. The van der Waals surface area contributed by atoms with Gasteiger partial charge in [-0.1, -0.05) is 13.8 Å². The predicted molar refractivity (Wildman–Crippen MR) is 51.4 cm³/mol. The molecule has 0 aromatic heterocycles. The average Bonchev–Trinajstić information content (AvgIpc) is 2.35. The van der Waals surface area contributed by atoms with Crippen molar-refractivity contribution in [2.75, 3.05) is 26.3 Å². The molecule has 0 aliphatic carbocycles. The first-order valence-corrected chi connectivity index (χ1v) is 5.20. The van der Waals surface area contributed by atoms with Gasteiger partial charge in [0.2, 0.25) is 0 Å². The van der Waals surface area contributed by atoms with Crippen LogP contribution in [0.4, 0.5) is 0 Å². The number of hydrogen-bond acceptors (Lipinski definition) is 2. The van der Waals surface area contributed by atoms with Crippen molar-refractivity contribution in [2.45, 2.75) is 39.2 Å². The molecule has 1 saturated heterocycles. The largest absolute Gasteiger partial charge is 0.380 e. The van der Waals surface area contributed by atoms with Crippen molar-refractivity contribution in [3.05, 3.63) is 0 Å². The molecule has 0 saturated carbocycles. The third-order valence-electron chi connectivity index (χ3n) is 2.72. The van der Waals surface area contributed by atoms with E-state index in [0.717, 1.165) is 25.8 Å². The molecule has 1 aliphatic heterocycles. The molecule has 2 heteroatoms. The van der Waals surface area contributed by atoms with Crippen molar-refractivity contribution < 1.29 is 4.74 Å². The first kappa shape index (κ1) is 10.0. The lowest BCUT2D eigenvalue weighted by Gasteiger charge is -2.28. The van der Waals surface area contributed by atoms with E-state index < -0.39 is 0 Å². The van der Waals surface area contributed by atoms with Crippen LogP contribution in [0.2, 0.25) is 0 Å². The van der Waals surface area contributed by atoms with Crippen molar-refractivity contribution >= 4 is 0 Å². The second-order valence-corrected chi connectivity index (χ2v) is 3.47. The van der Waals surface area contributed by atoms with Crippen LogP contribution >= 0.6 is 0 Å². The lowest BCUT2D eigenvalue weighted by molar-refractivity contribution is 0.129. The molecule has 12 heavy (non-hydrogen) atoms. The van der Waals surface area contributed by atoms with Gasteiger partial charge in [-0.25, -0.2) is 0 Å². The van der Waals surface area contributed by atoms with E-state index in [-0.39, 0.29) is 0 Å². The molecule has 0 radical (unpaired) electrons. The van der Waals surface area contributed by atoms with Crippen LogP contribution in [-0.4, -0.2) is 37.2 Å². The van der Waals surface area contributed by atoms with E-state index in [9.17, 15) is 0 Å². The molecular formula is C10H21NO. The Bertz CT molecular complexity index is 104. The van der Waals surface area contributed by atoms with Crippen LogP contribution < -0.4 is 0 Å². The summed E-state index contributed by atoms with van der Waals surface area (Å²) < 4.78 is 5.42. The topological polar surface area (TPSA) is 12.5 Å². The van der Waals surface area contributed by atoms with Crippen LogP contribution in [-0.2, 0) is 4.74 Å². The first-order chi connectivity index (χ1) is 5.88. The molecular weight excluding hydrogens is 150 g/mol. The van der Waals surface area contributed by atoms with Crippen LogP contribution in [0.1, 0.15) is 33.1 Å². The highest BCUT2D eigenvalue weighted by atomic mass is 16.5. The fourth-order valence-corrected chi connectivity index (χ4v) is 1.94. The summed E-state index contributed by atoms with van der Waals surface area (Å²) in [7, 11) is 0. The van der Waals surface area contributed by atoms with Gasteiger partial charge in [-0.05, 0) is 19.3 Å². The molecule has 1 rings (SSSR count). The molecule has 0 amide bonds. The smallest absolute Gasteiger partial charge is 0.0593 e. The molecule has 0 aromatic carbocycles. The Morgan fingerprint density at radius 2 is 1.92 bits per heavy atom. The van der Waals surface area contributed by atoms with E-state index in [2.05, 4.69) is 18.7 Å². The van der Waals surface area contributed by atoms with Crippen LogP contribution in [0, 0.1) is 0 Å². The van der Waals surface area contributed by atoms with Gasteiger partial charge < -0.3 is 4.74 Å². The summed E-state index contributed by atoms with van der Waals surface area (Å²) >= 11 is 0. The van der Waals surface area contributed by atoms with Crippen LogP contribution in [0.15, 0.2) is 0 Å². The van der Waals surface area contributed by atoms with Gasteiger partial charge in [0.15, 0.2) is 0 Å². The van der Waals surface area contributed by atoms with E-state index in [1.807, 2.05) is 0 Å². The SMILES string of the molecule is CCC(CC)N1CCCOCC1. The Hall–Kier alpha value is -0.0800. The molecule has 1 aliphatic rings. The number of ether oxygens (including phenoxy) is 1. The Morgan fingerprint density at radius 1 is 1.17 bits per heavy atom. The van der Waals surface area contributed by atoms with Gasteiger partial charge in [0, 0.05) is 25.7 Å². The maximum absolute atomic E-state index is 5.42. The average molecular weight is 171 g/mol. The van der Waals surface area contributed by atoms with Crippen LogP contribution in [0.25, 0.3) is 0 Å². The summed E-state index contributed by atoms with van der Waals surface area (Å²) in [5.74, 6) is 0. The third-order valence-corrected chi connectivity index (χ3v) is 2.72. The minimum Gasteiger partial charge on any atom is -0.380 e. The molecule has 0 N–H and O–H groups in total. The standard InChI is InChI=1S/C10H21NO/c1-3-10(4-2)11-6-5-8-12-9-7-11/h10H,3-9H2,1-2H3. The molecule has 0 unspecified atom stereocenters. The van der Waals surface area contributed by atoms with E-state index in [4.69, 9.17) is 4.74 Å². The molecule has 72 valence electrons. The number of hydrogen-bond donors (Lipinski definition) is 0. The highest BCUT2D eigenvalue weighted by Crippen LogP contribution is 2.10. The summed E-state index contributed by atoms with van der Waals surface area (Å²) in [5, 5.41) is 0. The van der Waals surface area contributed by atoms with Crippen molar-refractivity contribution in [1.29, 1.82) is 0 Å². The fraction of sp³-hybridized carbons (Fsp3) is 1.00. The van der Waals surface area contributed by atoms with Crippen molar-refractivity contribution in [3.63, 3.8) is 0 Å². The second-order valence-electron chi connectivity index (χ2n) is 3.47. The van der Waals surface area contributed by atoms with Gasteiger partial charge >= 0.3 is 0 Å². The quantitative estimate of drug-likeness (QED) is 0.643. The molecule has 0 spiro atoms. The number of rotatable bonds is 3.